The highest BCUT2D eigenvalue weighted by Gasteiger charge is 2.75. The molecule has 2 rings (SSSR count). The van der Waals surface area contributed by atoms with E-state index in [9.17, 15) is 31.4 Å². The Balaban J connectivity index is 0.000000491. The fourth-order valence-electron chi connectivity index (χ4n) is 3.34. The van der Waals surface area contributed by atoms with Crippen LogP contribution >= 0.6 is 0 Å². The fraction of sp³-hybridized carbons (Fsp3) is 1.00. The predicted octanol–water partition coefficient (Wildman–Crippen LogP) is 4.94. The number of alkyl halides is 6. The molecule has 0 heterocycles. The lowest BCUT2D eigenvalue weighted by Gasteiger charge is -2.40. The molecule has 3 unspecified atom stereocenters. The topological polar surface area (TPSA) is 20.2 Å². The van der Waals surface area contributed by atoms with Gasteiger partial charge in [0.15, 0.2) is 0 Å². The second kappa shape index (κ2) is 5.97. The summed E-state index contributed by atoms with van der Waals surface area (Å²) in [7, 11) is 0. The van der Waals surface area contributed by atoms with Crippen LogP contribution in [0.5, 0.6) is 0 Å². The molecule has 21 heavy (non-hydrogen) atoms. The largest absolute Gasteiger partial charge is 0.426 e. The van der Waals surface area contributed by atoms with E-state index >= 15 is 0 Å². The minimum absolute atomic E-state index is 0.0961. The highest BCUT2D eigenvalue weighted by molar-refractivity contribution is 5.06. The third-order valence-electron chi connectivity index (χ3n) is 4.14. The first-order valence-electron chi connectivity index (χ1n) is 7.16. The molecular weight excluding hydrogens is 298 g/mol. The first-order valence-corrected chi connectivity index (χ1v) is 7.16. The van der Waals surface area contributed by atoms with Crippen molar-refractivity contribution in [2.24, 2.45) is 23.7 Å². The Hall–Kier alpha value is -0.460. The average molecular weight is 320 g/mol. The van der Waals surface area contributed by atoms with Crippen molar-refractivity contribution in [1.29, 1.82) is 0 Å². The summed E-state index contributed by atoms with van der Waals surface area (Å²) in [6.07, 6.45) is -10.1. The van der Waals surface area contributed by atoms with Gasteiger partial charge in [0.25, 0.3) is 5.60 Å². The molecule has 2 aliphatic carbocycles. The van der Waals surface area contributed by atoms with Crippen molar-refractivity contribution in [3.8, 4) is 0 Å². The highest BCUT2D eigenvalue weighted by Crippen LogP contribution is 2.59. The molecule has 126 valence electrons. The van der Waals surface area contributed by atoms with Gasteiger partial charge in [-0.05, 0) is 37.0 Å². The van der Waals surface area contributed by atoms with Gasteiger partial charge in [-0.1, -0.05) is 27.2 Å². The van der Waals surface area contributed by atoms with E-state index in [2.05, 4.69) is 20.8 Å². The summed E-state index contributed by atoms with van der Waals surface area (Å²) in [6.45, 7) is 6.50. The van der Waals surface area contributed by atoms with Crippen molar-refractivity contribution in [3.05, 3.63) is 0 Å². The summed E-state index contributed by atoms with van der Waals surface area (Å²) in [5.41, 5.74) is -4.54. The van der Waals surface area contributed by atoms with Gasteiger partial charge in [0.1, 0.15) is 0 Å². The number of hydrogen-bond acceptors (Lipinski definition) is 1. The van der Waals surface area contributed by atoms with E-state index in [1.807, 2.05) is 0 Å². The molecule has 2 saturated carbocycles. The molecule has 2 fully saturated rings. The van der Waals surface area contributed by atoms with Crippen molar-refractivity contribution in [2.75, 3.05) is 0 Å². The van der Waals surface area contributed by atoms with Crippen LogP contribution in [0.4, 0.5) is 26.3 Å². The van der Waals surface area contributed by atoms with Crippen LogP contribution in [0.1, 0.15) is 46.5 Å². The van der Waals surface area contributed by atoms with Gasteiger partial charge in [0.2, 0.25) is 0 Å². The molecule has 0 amide bonds. The predicted molar refractivity (Wildman–Crippen MR) is 66.5 cm³/mol. The molecule has 0 radical (unpaired) electrons. The fourth-order valence-corrected chi connectivity index (χ4v) is 3.34. The van der Waals surface area contributed by atoms with Gasteiger partial charge in [0.05, 0.1) is 0 Å². The molecule has 0 aliphatic heterocycles. The van der Waals surface area contributed by atoms with E-state index in [-0.39, 0.29) is 12.3 Å². The van der Waals surface area contributed by atoms with Crippen LogP contribution in [0.15, 0.2) is 0 Å². The second-order valence-corrected chi connectivity index (χ2v) is 6.78. The highest BCUT2D eigenvalue weighted by atomic mass is 19.4. The van der Waals surface area contributed by atoms with Gasteiger partial charge in [-0.15, -0.1) is 0 Å². The summed E-state index contributed by atoms with van der Waals surface area (Å²) in [4.78, 5) is 0. The maximum atomic E-state index is 12.6. The molecule has 1 nitrogen and oxygen atoms in total. The van der Waals surface area contributed by atoms with Crippen LogP contribution < -0.4 is 0 Å². The first-order chi connectivity index (χ1) is 9.30. The molecular formula is C14H22F6O. The average Bonchev–Trinajstić information content (AvgIpc) is 2.85. The standard InChI is InChI=1S/C10H12F6O.C4H10/c11-9(12,13)8(17,10(14,15)16)7-4-5-1-2-6(7)3-5;1-4(2)3/h5-7,17H,1-4H2;4H,1-3H3. The molecule has 2 bridgehead atoms. The van der Waals surface area contributed by atoms with Gasteiger partial charge in [-0.3, -0.25) is 0 Å². The number of halogens is 6. The van der Waals surface area contributed by atoms with Crippen molar-refractivity contribution in [3.63, 3.8) is 0 Å². The van der Waals surface area contributed by atoms with E-state index in [4.69, 9.17) is 0 Å². The van der Waals surface area contributed by atoms with Gasteiger partial charge in [-0.2, -0.15) is 26.3 Å². The summed E-state index contributed by atoms with van der Waals surface area (Å²) < 4.78 is 75.6. The van der Waals surface area contributed by atoms with Crippen molar-refractivity contribution >= 4 is 0 Å². The Morgan fingerprint density at radius 2 is 1.29 bits per heavy atom. The molecule has 1 N–H and O–H groups in total. The van der Waals surface area contributed by atoms with Crippen molar-refractivity contribution in [2.45, 2.75) is 64.4 Å². The van der Waals surface area contributed by atoms with Crippen LogP contribution in [-0.2, 0) is 0 Å². The van der Waals surface area contributed by atoms with Crippen LogP contribution in [0.3, 0.4) is 0 Å². The number of hydrogen-bond donors (Lipinski definition) is 1. The van der Waals surface area contributed by atoms with Gasteiger partial charge in [-0.25, -0.2) is 0 Å². The smallest absolute Gasteiger partial charge is 0.373 e. The summed E-state index contributed by atoms with van der Waals surface area (Å²) >= 11 is 0. The normalized spacial score (nSPS) is 29.6. The molecule has 0 aromatic carbocycles. The zero-order chi connectivity index (χ0) is 16.6. The van der Waals surface area contributed by atoms with Crippen molar-refractivity contribution in [1.82, 2.24) is 0 Å². The lowest BCUT2D eigenvalue weighted by atomic mass is 9.75. The van der Waals surface area contributed by atoms with Gasteiger partial charge >= 0.3 is 12.4 Å². The molecule has 0 aromatic heterocycles. The van der Waals surface area contributed by atoms with E-state index < -0.39 is 29.8 Å². The maximum absolute atomic E-state index is 12.6. The zero-order valence-corrected chi connectivity index (χ0v) is 12.4. The molecule has 0 spiro atoms. The van der Waals surface area contributed by atoms with E-state index in [1.165, 1.54) is 0 Å². The van der Waals surface area contributed by atoms with Gasteiger partial charge < -0.3 is 5.11 Å². The summed E-state index contributed by atoms with van der Waals surface area (Å²) in [5.74, 6) is -1.66. The lowest BCUT2D eigenvalue weighted by molar-refractivity contribution is -0.388. The Bertz CT molecular complexity index is 330. The summed E-state index contributed by atoms with van der Waals surface area (Å²) in [5, 5.41) is 9.26. The lowest BCUT2D eigenvalue weighted by Crippen LogP contribution is -2.62. The van der Waals surface area contributed by atoms with Gasteiger partial charge in [0, 0.05) is 5.92 Å². The third kappa shape index (κ3) is 3.66. The van der Waals surface area contributed by atoms with E-state index in [0.717, 1.165) is 5.92 Å². The van der Waals surface area contributed by atoms with E-state index in [0.29, 0.717) is 19.3 Å². The van der Waals surface area contributed by atoms with Crippen LogP contribution in [0.2, 0.25) is 0 Å². The van der Waals surface area contributed by atoms with Crippen LogP contribution in [-0.4, -0.2) is 23.1 Å². The summed E-state index contributed by atoms with van der Waals surface area (Å²) in [6, 6.07) is 0. The van der Waals surface area contributed by atoms with Crippen LogP contribution in [0, 0.1) is 23.7 Å². The monoisotopic (exact) mass is 320 g/mol. The zero-order valence-electron chi connectivity index (χ0n) is 12.4. The minimum Gasteiger partial charge on any atom is -0.373 e. The third-order valence-corrected chi connectivity index (χ3v) is 4.14. The van der Waals surface area contributed by atoms with Crippen molar-refractivity contribution < 1.29 is 31.4 Å². The minimum atomic E-state index is -5.67. The number of rotatable bonds is 1. The number of fused-ring (bicyclic) bond motifs is 2. The Labute approximate surface area is 120 Å². The second-order valence-electron chi connectivity index (χ2n) is 6.78. The van der Waals surface area contributed by atoms with E-state index in [1.54, 1.807) is 0 Å². The molecule has 3 atom stereocenters. The molecule has 0 aromatic rings. The SMILES string of the molecule is CC(C)C.OC(C1CC2CCC1C2)(C(F)(F)F)C(F)(F)F. The Morgan fingerprint density at radius 3 is 1.52 bits per heavy atom. The Kier molecular flexibility index (Phi) is 5.29. The van der Waals surface area contributed by atoms with Crippen LogP contribution in [0.25, 0.3) is 0 Å². The first kappa shape index (κ1) is 18.6. The molecule has 7 heteroatoms. The molecule has 2 aliphatic rings. The Morgan fingerprint density at radius 1 is 0.857 bits per heavy atom. The number of aliphatic hydroxyl groups is 1. The maximum Gasteiger partial charge on any atom is 0.426 e. The quantitative estimate of drug-likeness (QED) is 0.678. The molecule has 0 saturated heterocycles.